The maximum atomic E-state index is 5.57. The van der Waals surface area contributed by atoms with Crippen molar-refractivity contribution in [3.63, 3.8) is 0 Å². The summed E-state index contributed by atoms with van der Waals surface area (Å²) >= 11 is 0. The average Bonchev–Trinajstić information content (AvgIpc) is 2.59. The molecule has 1 aromatic carbocycles. The van der Waals surface area contributed by atoms with E-state index in [0.717, 1.165) is 18.8 Å². The Morgan fingerprint density at radius 2 is 1.26 bits per heavy atom. The van der Waals surface area contributed by atoms with Gasteiger partial charge in [0, 0.05) is 13.1 Å². The normalized spacial score (nSPS) is 10.7. The van der Waals surface area contributed by atoms with Gasteiger partial charge in [0.1, 0.15) is 5.75 Å². The molecule has 0 unspecified atom stereocenters. The molecule has 0 spiro atoms. The molecule has 0 aliphatic heterocycles. The van der Waals surface area contributed by atoms with E-state index in [1.807, 2.05) is 0 Å². The van der Waals surface area contributed by atoms with Gasteiger partial charge in [0.25, 0.3) is 0 Å². The lowest BCUT2D eigenvalue weighted by atomic mass is 10.1. The Morgan fingerprint density at radius 3 is 1.78 bits per heavy atom. The van der Waals surface area contributed by atoms with Gasteiger partial charge >= 0.3 is 0 Å². The van der Waals surface area contributed by atoms with E-state index in [1.54, 1.807) is 7.11 Å². The molecule has 0 heterocycles. The average molecular weight is 320 g/mol. The number of nitrogens with zero attached hydrogens (tertiary/aromatic N) is 1. The van der Waals surface area contributed by atoms with Gasteiger partial charge in [-0.1, -0.05) is 77.3 Å². The van der Waals surface area contributed by atoms with Gasteiger partial charge in [-0.05, 0) is 25.0 Å². The van der Waals surface area contributed by atoms with Crippen LogP contribution >= 0.6 is 0 Å². The van der Waals surface area contributed by atoms with Crippen molar-refractivity contribution in [1.29, 1.82) is 0 Å². The fourth-order valence-corrected chi connectivity index (χ4v) is 3.06. The largest absolute Gasteiger partial charge is 0.495 e. The number of ether oxygens (including phenoxy) is 1. The molecule has 0 aliphatic rings. The van der Waals surface area contributed by atoms with E-state index in [4.69, 9.17) is 4.74 Å². The number of hydrogen-bond donors (Lipinski definition) is 0. The highest BCUT2D eigenvalue weighted by atomic mass is 16.5. The first kappa shape index (κ1) is 19.9. The van der Waals surface area contributed by atoms with Crippen LogP contribution in [-0.2, 0) is 0 Å². The molecule has 0 aromatic heterocycles. The Balaban J connectivity index is 2.53. The molecule has 0 radical (unpaired) electrons. The van der Waals surface area contributed by atoms with Crippen molar-refractivity contribution in [2.45, 2.75) is 78.1 Å². The van der Waals surface area contributed by atoms with Crippen molar-refractivity contribution < 1.29 is 4.74 Å². The first-order valence-electron chi connectivity index (χ1n) is 9.71. The van der Waals surface area contributed by atoms with Crippen LogP contribution in [0.2, 0.25) is 0 Å². The molecule has 0 fully saturated rings. The van der Waals surface area contributed by atoms with E-state index in [-0.39, 0.29) is 0 Å². The molecular formula is C21H37NO. The molecule has 23 heavy (non-hydrogen) atoms. The molecule has 0 N–H and O–H groups in total. The summed E-state index contributed by atoms with van der Waals surface area (Å²) in [6.45, 7) is 6.85. The lowest BCUT2D eigenvalue weighted by Crippen LogP contribution is -2.26. The van der Waals surface area contributed by atoms with E-state index in [9.17, 15) is 0 Å². The van der Waals surface area contributed by atoms with Gasteiger partial charge in [-0.25, -0.2) is 0 Å². The van der Waals surface area contributed by atoms with E-state index in [0.29, 0.717) is 0 Å². The van der Waals surface area contributed by atoms with E-state index >= 15 is 0 Å². The van der Waals surface area contributed by atoms with Crippen LogP contribution in [0.3, 0.4) is 0 Å². The van der Waals surface area contributed by atoms with Crippen LogP contribution < -0.4 is 9.64 Å². The van der Waals surface area contributed by atoms with Crippen LogP contribution in [0.5, 0.6) is 5.75 Å². The Hall–Kier alpha value is -1.18. The number of para-hydroxylation sites is 2. The molecule has 1 rings (SSSR count). The highest BCUT2D eigenvalue weighted by molar-refractivity contribution is 5.58. The van der Waals surface area contributed by atoms with Crippen LogP contribution in [0.1, 0.15) is 78.1 Å². The summed E-state index contributed by atoms with van der Waals surface area (Å²) in [6, 6.07) is 8.47. The minimum absolute atomic E-state index is 1.01. The Bertz CT molecular complexity index is 377. The summed E-state index contributed by atoms with van der Waals surface area (Å²) < 4.78 is 5.57. The molecule has 0 saturated carbocycles. The van der Waals surface area contributed by atoms with Crippen molar-refractivity contribution in [2.24, 2.45) is 0 Å². The number of anilines is 1. The second-order valence-electron chi connectivity index (χ2n) is 6.49. The summed E-state index contributed by atoms with van der Waals surface area (Å²) in [5.74, 6) is 1.01. The van der Waals surface area contributed by atoms with Gasteiger partial charge in [-0.15, -0.1) is 0 Å². The molecule has 0 bridgehead atoms. The maximum Gasteiger partial charge on any atom is 0.142 e. The molecule has 0 amide bonds. The minimum Gasteiger partial charge on any atom is -0.495 e. The van der Waals surface area contributed by atoms with Crippen molar-refractivity contribution in [3.8, 4) is 5.75 Å². The molecule has 132 valence electrons. The van der Waals surface area contributed by atoms with Crippen molar-refractivity contribution in [2.75, 3.05) is 25.1 Å². The zero-order valence-electron chi connectivity index (χ0n) is 15.7. The molecule has 2 nitrogen and oxygen atoms in total. The van der Waals surface area contributed by atoms with Gasteiger partial charge in [-0.3, -0.25) is 0 Å². The predicted molar refractivity (Wildman–Crippen MR) is 103 cm³/mol. The lowest BCUT2D eigenvalue weighted by molar-refractivity contribution is 0.413. The lowest BCUT2D eigenvalue weighted by Gasteiger charge is -2.26. The first-order valence-corrected chi connectivity index (χ1v) is 9.71. The van der Waals surface area contributed by atoms with Gasteiger partial charge < -0.3 is 9.64 Å². The van der Waals surface area contributed by atoms with Crippen molar-refractivity contribution in [3.05, 3.63) is 24.3 Å². The molecule has 0 saturated heterocycles. The fraction of sp³-hybridized carbons (Fsp3) is 0.714. The number of hydrogen-bond acceptors (Lipinski definition) is 2. The maximum absolute atomic E-state index is 5.57. The SMILES string of the molecule is CCCCCCCN(CCCCCCC)c1ccccc1OC. The third kappa shape index (κ3) is 8.29. The topological polar surface area (TPSA) is 12.5 Å². The van der Waals surface area contributed by atoms with Crippen LogP contribution in [0.4, 0.5) is 5.69 Å². The van der Waals surface area contributed by atoms with Crippen LogP contribution in [0.25, 0.3) is 0 Å². The van der Waals surface area contributed by atoms with Crippen LogP contribution in [0.15, 0.2) is 24.3 Å². The quantitative estimate of drug-likeness (QED) is 0.366. The smallest absolute Gasteiger partial charge is 0.142 e. The second-order valence-corrected chi connectivity index (χ2v) is 6.49. The number of unbranched alkanes of at least 4 members (excludes halogenated alkanes) is 8. The predicted octanol–water partition coefficient (Wildman–Crippen LogP) is 6.44. The first-order chi connectivity index (χ1) is 11.3. The third-order valence-electron chi connectivity index (χ3n) is 4.49. The van der Waals surface area contributed by atoms with E-state index < -0.39 is 0 Å². The number of rotatable bonds is 14. The molecule has 0 aliphatic carbocycles. The van der Waals surface area contributed by atoms with Crippen molar-refractivity contribution in [1.82, 2.24) is 0 Å². The van der Waals surface area contributed by atoms with Gasteiger partial charge in [0.05, 0.1) is 12.8 Å². The molecule has 1 aromatic rings. The summed E-state index contributed by atoms with van der Waals surface area (Å²) in [6.07, 6.45) is 13.4. The summed E-state index contributed by atoms with van der Waals surface area (Å²) in [5.41, 5.74) is 1.26. The third-order valence-corrected chi connectivity index (χ3v) is 4.49. The Morgan fingerprint density at radius 1 is 0.739 bits per heavy atom. The summed E-state index contributed by atoms with van der Waals surface area (Å²) in [7, 11) is 1.78. The van der Waals surface area contributed by atoms with E-state index in [2.05, 4.69) is 43.0 Å². The Labute approximate surface area is 144 Å². The van der Waals surface area contributed by atoms with Crippen molar-refractivity contribution >= 4 is 5.69 Å². The highest BCUT2D eigenvalue weighted by Crippen LogP contribution is 2.28. The van der Waals surface area contributed by atoms with Gasteiger partial charge in [0.2, 0.25) is 0 Å². The fourth-order valence-electron chi connectivity index (χ4n) is 3.06. The summed E-state index contributed by atoms with van der Waals surface area (Å²) in [5, 5.41) is 0. The molecule has 0 atom stereocenters. The van der Waals surface area contributed by atoms with Crippen LogP contribution in [-0.4, -0.2) is 20.2 Å². The second kappa shape index (κ2) is 13.3. The summed E-state index contributed by atoms with van der Waals surface area (Å²) in [4.78, 5) is 2.54. The standard InChI is InChI=1S/C21H37NO/c1-4-6-8-10-14-18-22(19-15-11-9-7-5-2)20-16-12-13-17-21(20)23-3/h12-13,16-17H,4-11,14-15,18-19H2,1-3H3. The highest BCUT2D eigenvalue weighted by Gasteiger charge is 2.11. The monoisotopic (exact) mass is 319 g/mol. The Kier molecular flexibility index (Phi) is 11.5. The number of benzene rings is 1. The zero-order valence-corrected chi connectivity index (χ0v) is 15.7. The zero-order chi connectivity index (χ0) is 16.8. The molecule has 2 heteroatoms. The minimum atomic E-state index is 1.01. The van der Waals surface area contributed by atoms with Crippen LogP contribution in [0, 0.1) is 0 Å². The number of methoxy groups -OCH3 is 1. The van der Waals surface area contributed by atoms with E-state index in [1.165, 1.54) is 69.9 Å². The van der Waals surface area contributed by atoms with Gasteiger partial charge in [-0.2, -0.15) is 0 Å². The van der Waals surface area contributed by atoms with Gasteiger partial charge in [0.15, 0.2) is 0 Å². The molecular weight excluding hydrogens is 282 g/mol.